The Morgan fingerprint density at radius 3 is 2.83 bits per heavy atom. The second-order valence-corrected chi connectivity index (χ2v) is 3.29. The monoisotopic (exact) mass is 163 g/mol. The van der Waals surface area contributed by atoms with E-state index in [0.717, 1.165) is 11.3 Å². The van der Waals surface area contributed by atoms with Crippen molar-refractivity contribution in [1.82, 2.24) is 4.98 Å². The average Bonchev–Trinajstić information content (AvgIpc) is 2.88. The van der Waals surface area contributed by atoms with Gasteiger partial charge in [0.25, 0.3) is 0 Å². The normalized spacial score (nSPS) is 16.4. The Balaban J connectivity index is 2.33. The zero-order valence-corrected chi connectivity index (χ0v) is 6.96. The third-order valence-electron chi connectivity index (χ3n) is 2.26. The van der Waals surface area contributed by atoms with Crippen LogP contribution in [0.1, 0.15) is 30.0 Å². The molecule has 0 amide bonds. The molecular formula is C9H13N3. The van der Waals surface area contributed by atoms with Gasteiger partial charge in [-0.3, -0.25) is 4.98 Å². The minimum absolute atomic E-state index is 0.508. The molecule has 12 heavy (non-hydrogen) atoms. The van der Waals surface area contributed by atoms with Crippen molar-refractivity contribution in [3.05, 3.63) is 23.5 Å². The van der Waals surface area contributed by atoms with Gasteiger partial charge in [0.15, 0.2) is 0 Å². The van der Waals surface area contributed by atoms with E-state index in [1.807, 2.05) is 6.07 Å². The minimum atomic E-state index is 0.508. The van der Waals surface area contributed by atoms with E-state index in [1.165, 1.54) is 12.8 Å². The van der Waals surface area contributed by atoms with E-state index in [4.69, 9.17) is 11.5 Å². The fourth-order valence-corrected chi connectivity index (χ4v) is 1.31. The molecule has 1 aromatic rings. The van der Waals surface area contributed by atoms with Crippen molar-refractivity contribution >= 4 is 5.69 Å². The molecule has 1 fully saturated rings. The molecule has 0 aliphatic heterocycles. The molecule has 1 aromatic heterocycles. The van der Waals surface area contributed by atoms with Gasteiger partial charge in [0.1, 0.15) is 0 Å². The van der Waals surface area contributed by atoms with Crippen molar-refractivity contribution in [3.63, 3.8) is 0 Å². The molecular weight excluding hydrogens is 150 g/mol. The van der Waals surface area contributed by atoms with Gasteiger partial charge in [0.05, 0.1) is 11.9 Å². The van der Waals surface area contributed by atoms with Crippen LogP contribution in [0, 0.1) is 0 Å². The Kier molecular flexibility index (Phi) is 1.73. The quantitative estimate of drug-likeness (QED) is 0.683. The number of hydrogen-bond donors (Lipinski definition) is 2. The van der Waals surface area contributed by atoms with Crippen molar-refractivity contribution in [1.29, 1.82) is 0 Å². The molecule has 0 aromatic carbocycles. The second kappa shape index (κ2) is 2.75. The van der Waals surface area contributed by atoms with Gasteiger partial charge in [-0.2, -0.15) is 0 Å². The Labute approximate surface area is 71.8 Å². The molecule has 1 saturated carbocycles. The third kappa shape index (κ3) is 1.28. The molecule has 1 heterocycles. The van der Waals surface area contributed by atoms with Crippen LogP contribution in [-0.4, -0.2) is 4.98 Å². The molecule has 0 spiro atoms. The summed E-state index contributed by atoms with van der Waals surface area (Å²) >= 11 is 0. The lowest BCUT2D eigenvalue weighted by Gasteiger charge is -2.04. The van der Waals surface area contributed by atoms with Crippen LogP contribution in [0.25, 0.3) is 0 Å². The molecule has 64 valence electrons. The number of anilines is 1. The Hall–Kier alpha value is -1.09. The van der Waals surface area contributed by atoms with Crippen LogP contribution in [0.2, 0.25) is 0 Å². The average molecular weight is 163 g/mol. The smallest absolute Gasteiger partial charge is 0.0546 e. The van der Waals surface area contributed by atoms with E-state index in [-0.39, 0.29) is 0 Å². The molecule has 0 atom stereocenters. The fraction of sp³-hybridized carbons (Fsp3) is 0.444. The van der Waals surface area contributed by atoms with E-state index in [9.17, 15) is 0 Å². The van der Waals surface area contributed by atoms with E-state index in [2.05, 4.69) is 4.98 Å². The van der Waals surface area contributed by atoms with Crippen molar-refractivity contribution in [2.75, 3.05) is 5.73 Å². The largest absolute Gasteiger partial charge is 0.397 e. The zero-order valence-electron chi connectivity index (χ0n) is 6.96. The highest BCUT2D eigenvalue weighted by Crippen LogP contribution is 2.39. The van der Waals surface area contributed by atoms with Crippen LogP contribution in [0.4, 0.5) is 5.69 Å². The van der Waals surface area contributed by atoms with E-state index < -0.39 is 0 Å². The van der Waals surface area contributed by atoms with Crippen molar-refractivity contribution < 1.29 is 0 Å². The van der Waals surface area contributed by atoms with Gasteiger partial charge in [0.2, 0.25) is 0 Å². The lowest BCUT2D eigenvalue weighted by atomic mass is 10.1. The Morgan fingerprint density at radius 2 is 2.25 bits per heavy atom. The summed E-state index contributed by atoms with van der Waals surface area (Å²) in [6, 6.07) is 2.03. The van der Waals surface area contributed by atoms with Gasteiger partial charge >= 0.3 is 0 Å². The molecule has 3 nitrogen and oxygen atoms in total. The van der Waals surface area contributed by atoms with Gasteiger partial charge in [0, 0.05) is 18.2 Å². The van der Waals surface area contributed by atoms with Crippen LogP contribution in [0.15, 0.2) is 12.3 Å². The molecule has 1 aliphatic rings. The highest BCUT2D eigenvalue weighted by molar-refractivity contribution is 5.45. The summed E-state index contributed by atoms with van der Waals surface area (Å²) in [5.74, 6) is 0.677. The van der Waals surface area contributed by atoms with Gasteiger partial charge < -0.3 is 11.5 Å². The summed E-state index contributed by atoms with van der Waals surface area (Å²) in [6.45, 7) is 0.508. The number of aromatic nitrogens is 1. The molecule has 0 unspecified atom stereocenters. The standard InChI is InChI=1S/C9H13N3/c10-4-7-3-9(6-1-2-6)12-5-8(7)11/h3,5-6H,1-2,4,10-11H2. The first-order valence-electron chi connectivity index (χ1n) is 4.25. The van der Waals surface area contributed by atoms with Gasteiger partial charge in [-0.1, -0.05) is 0 Å². The molecule has 1 aliphatic carbocycles. The van der Waals surface area contributed by atoms with Gasteiger partial charge in [-0.25, -0.2) is 0 Å². The maximum Gasteiger partial charge on any atom is 0.0546 e. The summed E-state index contributed by atoms with van der Waals surface area (Å²) in [6.07, 6.45) is 4.25. The third-order valence-corrected chi connectivity index (χ3v) is 2.26. The predicted octanol–water partition coefficient (Wildman–Crippen LogP) is 1.000. The summed E-state index contributed by atoms with van der Waals surface area (Å²) in [4.78, 5) is 4.27. The predicted molar refractivity (Wildman–Crippen MR) is 48.5 cm³/mol. The Bertz CT molecular complexity index is 292. The maximum absolute atomic E-state index is 5.68. The number of pyridine rings is 1. The summed E-state index contributed by atoms with van der Waals surface area (Å²) in [7, 11) is 0. The number of nitrogen functional groups attached to an aromatic ring is 1. The highest BCUT2D eigenvalue weighted by Gasteiger charge is 2.25. The molecule has 2 rings (SSSR count). The lowest BCUT2D eigenvalue weighted by Crippen LogP contribution is -2.03. The van der Waals surface area contributed by atoms with Crippen LogP contribution < -0.4 is 11.5 Å². The van der Waals surface area contributed by atoms with Gasteiger partial charge in [-0.15, -0.1) is 0 Å². The van der Waals surface area contributed by atoms with Crippen LogP contribution in [-0.2, 0) is 6.54 Å². The van der Waals surface area contributed by atoms with E-state index in [1.54, 1.807) is 6.20 Å². The van der Waals surface area contributed by atoms with E-state index >= 15 is 0 Å². The molecule has 3 heteroatoms. The first-order valence-corrected chi connectivity index (χ1v) is 4.25. The summed E-state index contributed by atoms with van der Waals surface area (Å²) < 4.78 is 0. The minimum Gasteiger partial charge on any atom is -0.397 e. The van der Waals surface area contributed by atoms with Crippen LogP contribution in [0.5, 0.6) is 0 Å². The van der Waals surface area contributed by atoms with Crippen LogP contribution in [0.3, 0.4) is 0 Å². The van der Waals surface area contributed by atoms with Crippen LogP contribution >= 0.6 is 0 Å². The fourth-order valence-electron chi connectivity index (χ4n) is 1.31. The topological polar surface area (TPSA) is 64.9 Å². The first kappa shape index (κ1) is 7.55. The number of hydrogen-bond acceptors (Lipinski definition) is 3. The molecule has 0 saturated heterocycles. The number of nitrogens with two attached hydrogens (primary N) is 2. The van der Waals surface area contributed by atoms with Gasteiger partial charge in [-0.05, 0) is 24.5 Å². The zero-order chi connectivity index (χ0) is 8.55. The number of nitrogens with zero attached hydrogens (tertiary/aromatic N) is 1. The molecule has 0 bridgehead atoms. The van der Waals surface area contributed by atoms with Crippen molar-refractivity contribution in [2.24, 2.45) is 5.73 Å². The second-order valence-electron chi connectivity index (χ2n) is 3.29. The summed E-state index contributed by atoms with van der Waals surface area (Å²) in [5.41, 5.74) is 14.1. The highest BCUT2D eigenvalue weighted by atomic mass is 14.7. The van der Waals surface area contributed by atoms with Crippen molar-refractivity contribution in [2.45, 2.75) is 25.3 Å². The van der Waals surface area contributed by atoms with E-state index in [0.29, 0.717) is 18.2 Å². The first-order chi connectivity index (χ1) is 5.81. The molecule has 0 radical (unpaired) electrons. The summed E-state index contributed by atoms with van der Waals surface area (Å²) in [5, 5.41) is 0. The maximum atomic E-state index is 5.68. The lowest BCUT2D eigenvalue weighted by molar-refractivity contribution is 0.986. The number of rotatable bonds is 2. The molecule has 4 N–H and O–H groups in total. The SMILES string of the molecule is NCc1cc(C2CC2)ncc1N. The van der Waals surface area contributed by atoms with Crippen molar-refractivity contribution in [3.8, 4) is 0 Å². The Morgan fingerprint density at radius 1 is 1.50 bits per heavy atom.